The molecule has 1 N–H and O–H groups in total. The zero-order valence-electron chi connectivity index (χ0n) is 12.2. The number of nitrogens with one attached hydrogen (secondary N) is 1. The van der Waals surface area contributed by atoms with Crippen LogP contribution in [0.25, 0.3) is 0 Å². The van der Waals surface area contributed by atoms with Crippen molar-refractivity contribution in [1.29, 1.82) is 0 Å². The minimum atomic E-state index is 0.522. The summed E-state index contributed by atoms with van der Waals surface area (Å²) in [5, 5.41) is 3.20. The number of anilines is 1. The molecule has 0 aliphatic carbocycles. The van der Waals surface area contributed by atoms with Crippen LogP contribution in [0, 0.1) is 0 Å². The fourth-order valence-corrected chi connectivity index (χ4v) is 1.61. The maximum atomic E-state index is 5.61. The first-order chi connectivity index (χ1) is 9.30. The standard InChI is InChI=1S/C14H25N3O2/c1-4-7-12-16-13(15-6-3)11-14(17-12)19-10-9-18-8-5-2/h11H,4-10H2,1-3H3,(H,15,16,17). The smallest absolute Gasteiger partial charge is 0.218 e. The molecule has 19 heavy (non-hydrogen) atoms. The van der Waals surface area contributed by atoms with E-state index in [1.165, 1.54) is 0 Å². The van der Waals surface area contributed by atoms with Gasteiger partial charge in [0.25, 0.3) is 0 Å². The molecule has 1 aromatic rings. The molecule has 0 aromatic carbocycles. The molecule has 1 rings (SSSR count). The lowest BCUT2D eigenvalue weighted by molar-refractivity contribution is 0.0989. The first kappa shape index (κ1) is 15.7. The largest absolute Gasteiger partial charge is 0.475 e. The summed E-state index contributed by atoms with van der Waals surface area (Å²) in [5.41, 5.74) is 0. The van der Waals surface area contributed by atoms with E-state index in [0.717, 1.165) is 44.1 Å². The average molecular weight is 267 g/mol. The van der Waals surface area contributed by atoms with E-state index in [-0.39, 0.29) is 0 Å². The van der Waals surface area contributed by atoms with Crippen LogP contribution >= 0.6 is 0 Å². The lowest BCUT2D eigenvalue weighted by Crippen LogP contribution is -2.10. The molecule has 0 radical (unpaired) electrons. The Bertz CT molecular complexity index is 334. The molecule has 5 nitrogen and oxygen atoms in total. The van der Waals surface area contributed by atoms with Crippen LogP contribution in [0.15, 0.2) is 6.07 Å². The molecule has 0 spiro atoms. The van der Waals surface area contributed by atoms with Crippen LogP contribution in [0.1, 0.15) is 39.4 Å². The van der Waals surface area contributed by atoms with Crippen LogP contribution in [-0.4, -0.2) is 36.3 Å². The van der Waals surface area contributed by atoms with Gasteiger partial charge in [-0.15, -0.1) is 0 Å². The van der Waals surface area contributed by atoms with Gasteiger partial charge in [-0.3, -0.25) is 0 Å². The Morgan fingerprint density at radius 1 is 1.05 bits per heavy atom. The number of rotatable bonds is 10. The monoisotopic (exact) mass is 267 g/mol. The van der Waals surface area contributed by atoms with Gasteiger partial charge >= 0.3 is 0 Å². The van der Waals surface area contributed by atoms with E-state index in [1.807, 2.05) is 13.0 Å². The van der Waals surface area contributed by atoms with Crippen molar-refractivity contribution in [3.8, 4) is 5.88 Å². The van der Waals surface area contributed by atoms with Gasteiger partial charge in [0, 0.05) is 25.6 Å². The molecule has 0 bridgehead atoms. The predicted octanol–water partition coefficient (Wildman–Crippen LogP) is 2.67. The number of aryl methyl sites for hydroxylation is 1. The predicted molar refractivity (Wildman–Crippen MR) is 76.8 cm³/mol. The van der Waals surface area contributed by atoms with Crippen molar-refractivity contribution in [2.75, 3.05) is 31.7 Å². The summed E-state index contributed by atoms with van der Waals surface area (Å²) in [6, 6.07) is 1.84. The number of nitrogens with zero attached hydrogens (tertiary/aromatic N) is 2. The van der Waals surface area contributed by atoms with Crippen LogP contribution in [0.2, 0.25) is 0 Å². The Morgan fingerprint density at radius 2 is 1.89 bits per heavy atom. The molecule has 0 aliphatic rings. The highest BCUT2D eigenvalue weighted by Crippen LogP contribution is 2.14. The van der Waals surface area contributed by atoms with E-state index in [1.54, 1.807) is 0 Å². The van der Waals surface area contributed by atoms with Gasteiger partial charge in [0.05, 0.1) is 6.61 Å². The Kier molecular flexibility index (Phi) is 7.89. The molecular weight excluding hydrogens is 242 g/mol. The van der Waals surface area contributed by atoms with Gasteiger partial charge in [0.15, 0.2) is 0 Å². The molecule has 0 atom stereocenters. The minimum absolute atomic E-state index is 0.522. The topological polar surface area (TPSA) is 56.3 Å². The minimum Gasteiger partial charge on any atom is -0.475 e. The van der Waals surface area contributed by atoms with Crippen LogP contribution < -0.4 is 10.1 Å². The maximum absolute atomic E-state index is 5.61. The first-order valence-electron chi connectivity index (χ1n) is 7.12. The summed E-state index contributed by atoms with van der Waals surface area (Å²) >= 11 is 0. The number of hydrogen-bond acceptors (Lipinski definition) is 5. The summed E-state index contributed by atoms with van der Waals surface area (Å²) in [6.07, 6.45) is 2.91. The van der Waals surface area contributed by atoms with Crippen molar-refractivity contribution >= 4 is 5.82 Å². The molecule has 0 fully saturated rings. The zero-order valence-corrected chi connectivity index (χ0v) is 12.2. The molecule has 0 aliphatic heterocycles. The third-order valence-corrected chi connectivity index (χ3v) is 2.41. The van der Waals surface area contributed by atoms with E-state index in [9.17, 15) is 0 Å². The van der Waals surface area contributed by atoms with Crippen molar-refractivity contribution in [3.63, 3.8) is 0 Å². The lowest BCUT2D eigenvalue weighted by Gasteiger charge is -2.10. The van der Waals surface area contributed by atoms with Crippen molar-refractivity contribution in [2.45, 2.75) is 40.0 Å². The summed E-state index contributed by atoms with van der Waals surface area (Å²) in [7, 11) is 0. The Labute approximate surface area is 115 Å². The normalized spacial score (nSPS) is 10.5. The molecule has 0 saturated heterocycles. The highest BCUT2D eigenvalue weighted by molar-refractivity contribution is 5.38. The van der Waals surface area contributed by atoms with Gasteiger partial charge in [0.2, 0.25) is 5.88 Å². The van der Waals surface area contributed by atoms with Crippen molar-refractivity contribution in [2.24, 2.45) is 0 Å². The third-order valence-electron chi connectivity index (χ3n) is 2.41. The molecule has 0 amide bonds. The van der Waals surface area contributed by atoms with E-state index < -0.39 is 0 Å². The van der Waals surface area contributed by atoms with Crippen molar-refractivity contribution in [1.82, 2.24) is 9.97 Å². The Morgan fingerprint density at radius 3 is 2.58 bits per heavy atom. The van der Waals surface area contributed by atoms with Gasteiger partial charge in [-0.25, -0.2) is 4.98 Å². The second-order valence-corrected chi connectivity index (χ2v) is 4.25. The van der Waals surface area contributed by atoms with Crippen molar-refractivity contribution < 1.29 is 9.47 Å². The number of ether oxygens (including phenoxy) is 2. The number of hydrogen-bond donors (Lipinski definition) is 1. The van der Waals surface area contributed by atoms with Gasteiger partial charge in [-0.05, 0) is 19.8 Å². The Balaban J connectivity index is 2.54. The summed E-state index contributed by atoms with van der Waals surface area (Å²) < 4.78 is 11.0. The molecule has 1 heterocycles. The van der Waals surface area contributed by atoms with E-state index in [4.69, 9.17) is 9.47 Å². The quantitative estimate of drug-likeness (QED) is 0.660. The highest BCUT2D eigenvalue weighted by Gasteiger charge is 2.04. The second kappa shape index (κ2) is 9.55. The maximum Gasteiger partial charge on any atom is 0.218 e. The van der Waals surface area contributed by atoms with Gasteiger partial charge < -0.3 is 14.8 Å². The molecule has 0 unspecified atom stereocenters. The van der Waals surface area contributed by atoms with Gasteiger partial charge in [-0.2, -0.15) is 4.98 Å². The average Bonchev–Trinajstić information content (AvgIpc) is 2.39. The van der Waals surface area contributed by atoms with Crippen molar-refractivity contribution in [3.05, 3.63) is 11.9 Å². The Hall–Kier alpha value is -1.36. The SMILES string of the molecule is CCCOCCOc1cc(NCC)nc(CCC)n1. The number of aromatic nitrogens is 2. The molecular formula is C14H25N3O2. The van der Waals surface area contributed by atoms with Gasteiger partial charge in [-0.1, -0.05) is 13.8 Å². The fraction of sp³-hybridized carbons (Fsp3) is 0.714. The van der Waals surface area contributed by atoms with E-state index in [0.29, 0.717) is 19.1 Å². The highest BCUT2D eigenvalue weighted by atomic mass is 16.5. The van der Waals surface area contributed by atoms with Crippen LogP contribution in [-0.2, 0) is 11.2 Å². The summed E-state index contributed by atoms with van der Waals surface area (Å²) in [4.78, 5) is 8.83. The third kappa shape index (κ3) is 6.38. The second-order valence-electron chi connectivity index (χ2n) is 4.25. The van der Waals surface area contributed by atoms with Gasteiger partial charge in [0.1, 0.15) is 18.2 Å². The van der Waals surface area contributed by atoms with E-state index in [2.05, 4.69) is 29.1 Å². The summed E-state index contributed by atoms with van der Waals surface area (Å²) in [5.74, 6) is 2.27. The van der Waals surface area contributed by atoms with Crippen LogP contribution in [0.5, 0.6) is 5.88 Å². The fourth-order valence-electron chi connectivity index (χ4n) is 1.61. The molecule has 108 valence electrons. The molecule has 0 saturated carbocycles. The zero-order chi connectivity index (χ0) is 13.9. The molecule has 1 aromatic heterocycles. The lowest BCUT2D eigenvalue weighted by atomic mass is 10.3. The summed E-state index contributed by atoms with van der Waals surface area (Å²) in [6.45, 7) is 8.97. The van der Waals surface area contributed by atoms with E-state index >= 15 is 0 Å². The van der Waals surface area contributed by atoms with Crippen LogP contribution in [0.4, 0.5) is 5.82 Å². The van der Waals surface area contributed by atoms with Crippen LogP contribution in [0.3, 0.4) is 0 Å². The first-order valence-corrected chi connectivity index (χ1v) is 7.12. The molecule has 5 heteroatoms.